The van der Waals surface area contributed by atoms with Crippen molar-refractivity contribution >= 4 is 17.8 Å². The Kier molecular flexibility index (Phi) is 2.55. The van der Waals surface area contributed by atoms with Gasteiger partial charge in [0.2, 0.25) is 5.54 Å². The highest BCUT2D eigenvalue weighted by molar-refractivity contribution is 6.20. The molecule has 2 rings (SSSR count). The zero-order valence-corrected chi connectivity index (χ0v) is 8.90. The van der Waals surface area contributed by atoms with Crippen LogP contribution in [0, 0.1) is 0 Å². The van der Waals surface area contributed by atoms with Crippen LogP contribution in [0.5, 0.6) is 0 Å². The Labute approximate surface area is 97.2 Å². The van der Waals surface area contributed by atoms with Gasteiger partial charge < -0.3 is 11.1 Å². The summed E-state index contributed by atoms with van der Waals surface area (Å²) in [6.45, 7) is 0. The minimum Gasteiger partial charge on any atom is -0.367 e. The number of carbonyl (C=O) groups excluding carboxylic acids is 3. The van der Waals surface area contributed by atoms with Gasteiger partial charge in [0.25, 0.3) is 11.8 Å². The van der Waals surface area contributed by atoms with Gasteiger partial charge in [-0.1, -0.05) is 30.3 Å². The van der Waals surface area contributed by atoms with E-state index in [9.17, 15) is 14.4 Å². The normalized spacial score (nSPS) is 23.1. The molecule has 1 saturated heterocycles. The van der Waals surface area contributed by atoms with Gasteiger partial charge in [0.15, 0.2) is 0 Å². The summed E-state index contributed by atoms with van der Waals surface area (Å²) >= 11 is 0. The first kappa shape index (κ1) is 11.1. The molecule has 0 radical (unpaired) electrons. The van der Waals surface area contributed by atoms with Crippen LogP contribution in [0.25, 0.3) is 0 Å². The van der Waals surface area contributed by atoms with Gasteiger partial charge in [-0.25, -0.2) is 4.79 Å². The molecule has 0 unspecified atom stereocenters. The Bertz CT molecular complexity index is 486. The van der Waals surface area contributed by atoms with Gasteiger partial charge in [0.1, 0.15) is 0 Å². The van der Waals surface area contributed by atoms with Crippen LogP contribution >= 0.6 is 0 Å². The highest BCUT2D eigenvalue weighted by atomic mass is 16.2. The number of amides is 4. The molecule has 0 bridgehead atoms. The summed E-state index contributed by atoms with van der Waals surface area (Å²) in [5, 5.41) is 4.31. The van der Waals surface area contributed by atoms with Gasteiger partial charge in [-0.2, -0.15) is 0 Å². The van der Waals surface area contributed by atoms with E-state index in [2.05, 4.69) is 5.32 Å². The van der Waals surface area contributed by atoms with Crippen LogP contribution in [0.4, 0.5) is 4.79 Å². The number of benzene rings is 1. The summed E-state index contributed by atoms with van der Waals surface area (Å²) in [6.07, 6.45) is 0.0424. The van der Waals surface area contributed by atoms with E-state index in [-0.39, 0.29) is 6.42 Å². The van der Waals surface area contributed by atoms with Gasteiger partial charge in [-0.15, -0.1) is 0 Å². The topological polar surface area (TPSA) is 101 Å². The monoisotopic (exact) mass is 233 g/mol. The molecule has 6 heteroatoms. The van der Waals surface area contributed by atoms with E-state index in [4.69, 9.17) is 5.73 Å². The van der Waals surface area contributed by atoms with E-state index in [0.29, 0.717) is 0 Å². The molecule has 1 aliphatic heterocycles. The molecule has 6 nitrogen and oxygen atoms in total. The standard InChI is InChI=1S/C11H11N3O3/c12-8(15)11(9(16)13-10(17)14-11)6-7-4-2-1-3-5-7/h1-5H,6H2,(H2,12,15)(H2,13,14,16,17)/t11-/m1/s1. The van der Waals surface area contributed by atoms with E-state index < -0.39 is 23.4 Å². The molecular formula is C11H11N3O3. The summed E-state index contributed by atoms with van der Waals surface area (Å²) in [4.78, 5) is 34.2. The van der Waals surface area contributed by atoms with Crippen LogP contribution in [-0.2, 0) is 16.0 Å². The number of urea groups is 1. The van der Waals surface area contributed by atoms with Crippen LogP contribution in [0.15, 0.2) is 30.3 Å². The Hall–Kier alpha value is -2.37. The molecule has 17 heavy (non-hydrogen) atoms. The Morgan fingerprint density at radius 2 is 1.88 bits per heavy atom. The minimum absolute atomic E-state index is 0.0424. The number of carbonyl (C=O) groups is 3. The van der Waals surface area contributed by atoms with Crippen molar-refractivity contribution in [3.8, 4) is 0 Å². The number of primary amides is 1. The number of imide groups is 1. The molecule has 0 spiro atoms. The van der Waals surface area contributed by atoms with Gasteiger partial charge in [0, 0.05) is 6.42 Å². The third-order valence-electron chi connectivity index (χ3n) is 2.67. The maximum Gasteiger partial charge on any atom is 0.322 e. The molecule has 1 aromatic carbocycles. The lowest BCUT2D eigenvalue weighted by molar-refractivity contribution is -0.134. The van der Waals surface area contributed by atoms with Gasteiger partial charge >= 0.3 is 6.03 Å². The molecule has 4 amide bonds. The predicted molar refractivity (Wildman–Crippen MR) is 58.7 cm³/mol. The second-order valence-electron chi connectivity index (χ2n) is 3.84. The van der Waals surface area contributed by atoms with Crippen LogP contribution in [-0.4, -0.2) is 23.4 Å². The van der Waals surface area contributed by atoms with Crippen LogP contribution in [0.3, 0.4) is 0 Å². The van der Waals surface area contributed by atoms with Crippen LogP contribution in [0.2, 0.25) is 0 Å². The lowest BCUT2D eigenvalue weighted by Gasteiger charge is -2.21. The van der Waals surface area contributed by atoms with E-state index >= 15 is 0 Å². The van der Waals surface area contributed by atoms with Crippen LogP contribution < -0.4 is 16.4 Å². The minimum atomic E-state index is -1.68. The summed E-state index contributed by atoms with van der Waals surface area (Å²) in [5.41, 5.74) is 4.28. The smallest absolute Gasteiger partial charge is 0.322 e. The fraction of sp³-hybridized carbons (Fsp3) is 0.182. The number of nitrogens with two attached hydrogens (primary N) is 1. The molecule has 1 fully saturated rings. The SMILES string of the molecule is NC(=O)[C@@]1(Cc2ccccc2)NC(=O)NC1=O. The molecule has 1 heterocycles. The molecule has 0 aromatic heterocycles. The quantitative estimate of drug-likeness (QED) is 0.475. The van der Waals surface area contributed by atoms with Crippen molar-refractivity contribution in [3.63, 3.8) is 0 Å². The molecule has 0 aliphatic carbocycles. The van der Waals surface area contributed by atoms with Crippen LogP contribution in [0.1, 0.15) is 5.56 Å². The number of rotatable bonds is 3. The highest BCUT2D eigenvalue weighted by Gasteiger charge is 2.51. The molecule has 1 aromatic rings. The van der Waals surface area contributed by atoms with Crippen molar-refractivity contribution in [2.45, 2.75) is 12.0 Å². The lowest BCUT2D eigenvalue weighted by Crippen LogP contribution is -2.58. The van der Waals surface area contributed by atoms with E-state index in [0.717, 1.165) is 5.56 Å². The third-order valence-corrected chi connectivity index (χ3v) is 2.67. The van der Waals surface area contributed by atoms with Gasteiger partial charge in [0.05, 0.1) is 0 Å². The van der Waals surface area contributed by atoms with E-state index in [1.165, 1.54) is 0 Å². The summed E-state index contributed by atoms with van der Waals surface area (Å²) in [7, 11) is 0. The fourth-order valence-electron chi connectivity index (χ4n) is 1.78. The molecule has 4 N–H and O–H groups in total. The number of nitrogens with one attached hydrogen (secondary N) is 2. The van der Waals surface area contributed by atoms with Crippen molar-refractivity contribution in [1.29, 1.82) is 0 Å². The Morgan fingerprint density at radius 3 is 2.35 bits per heavy atom. The first-order chi connectivity index (χ1) is 8.04. The maximum absolute atomic E-state index is 11.7. The predicted octanol–water partition coefficient (Wildman–Crippen LogP) is -0.707. The van der Waals surface area contributed by atoms with Crippen molar-refractivity contribution in [3.05, 3.63) is 35.9 Å². The average molecular weight is 233 g/mol. The first-order valence-electron chi connectivity index (χ1n) is 5.02. The summed E-state index contributed by atoms with van der Waals surface area (Å²) in [6, 6.07) is 8.17. The van der Waals surface area contributed by atoms with Gasteiger partial charge in [-0.05, 0) is 5.56 Å². The first-order valence-corrected chi connectivity index (χ1v) is 5.02. The fourth-order valence-corrected chi connectivity index (χ4v) is 1.78. The zero-order valence-electron chi connectivity index (χ0n) is 8.90. The molecule has 0 saturated carbocycles. The summed E-state index contributed by atoms with van der Waals surface area (Å²) < 4.78 is 0. The lowest BCUT2D eigenvalue weighted by atomic mass is 9.90. The Balaban J connectivity index is 2.34. The maximum atomic E-state index is 11.7. The second kappa shape index (κ2) is 3.89. The summed E-state index contributed by atoms with van der Waals surface area (Å²) in [5.74, 6) is -1.58. The highest BCUT2D eigenvalue weighted by Crippen LogP contribution is 2.17. The van der Waals surface area contributed by atoms with E-state index in [1.807, 2.05) is 11.4 Å². The number of hydrogen-bond donors (Lipinski definition) is 3. The van der Waals surface area contributed by atoms with Crippen molar-refractivity contribution in [2.24, 2.45) is 5.73 Å². The second-order valence-corrected chi connectivity index (χ2v) is 3.84. The van der Waals surface area contributed by atoms with Gasteiger partial charge in [-0.3, -0.25) is 14.9 Å². The van der Waals surface area contributed by atoms with Crippen molar-refractivity contribution in [2.75, 3.05) is 0 Å². The third kappa shape index (κ3) is 1.84. The zero-order chi connectivity index (χ0) is 12.5. The van der Waals surface area contributed by atoms with Crippen molar-refractivity contribution in [1.82, 2.24) is 10.6 Å². The largest absolute Gasteiger partial charge is 0.367 e. The molecule has 1 atom stereocenters. The van der Waals surface area contributed by atoms with E-state index in [1.54, 1.807) is 24.3 Å². The Morgan fingerprint density at radius 1 is 1.24 bits per heavy atom. The number of hydrogen-bond acceptors (Lipinski definition) is 3. The molecule has 88 valence electrons. The molecule has 1 aliphatic rings. The van der Waals surface area contributed by atoms with Crippen molar-refractivity contribution < 1.29 is 14.4 Å². The average Bonchev–Trinajstić information content (AvgIpc) is 2.56. The molecular weight excluding hydrogens is 222 g/mol.